The minimum absolute atomic E-state index is 0.394. The van der Waals surface area contributed by atoms with Crippen LogP contribution in [0.2, 0.25) is 0 Å². The number of anilines is 2. The number of thioether (sulfide) groups is 1. The monoisotopic (exact) mass is 216 g/mol. The lowest BCUT2D eigenvalue weighted by Gasteiger charge is -2.29. The Morgan fingerprint density at radius 1 is 1.62 bits per heavy atom. The highest BCUT2D eigenvalue weighted by Crippen LogP contribution is 2.25. The molecule has 13 heavy (non-hydrogen) atoms. The fraction of sp³-hybridized carbons (Fsp3) is 0.714. The van der Waals surface area contributed by atoms with Gasteiger partial charge in [-0.1, -0.05) is 6.92 Å². The number of hydrogen-bond acceptors (Lipinski definition) is 6. The van der Waals surface area contributed by atoms with Gasteiger partial charge in [0.15, 0.2) is 0 Å². The van der Waals surface area contributed by atoms with E-state index in [1.165, 1.54) is 17.3 Å². The van der Waals surface area contributed by atoms with Gasteiger partial charge in [0.05, 0.1) is 0 Å². The zero-order valence-electron chi connectivity index (χ0n) is 7.43. The van der Waals surface area contributed by atoms with Crippen molar-refractivity contribution in [3.8, 4) is 0 Å². The standard InChI is InChI=1S/C7H12N4S2/c1-5-4-11(2-3-12-5)7-9-6(8)10-13-7/h5H,2-4H2,1H3,(H2,8,10). The van der Waals surface area contributed by atoms with Crippen LogP contribution < -0.4 is 10.6 Å². The number of nitrogens with zero attached hydrogens (tertiary/aromatic N) is 3. The largest absolute Gasteiger partial charge is 0.367 e. The summed E-state index contributed by atoms with van der Waals surface area (Å²) >= 11 is 3.40. The average molecular weight is 216 g/mol. The third kappa shape index (κ3) is 2.05. The van der Waals surface area contributed by atoms with Crippen LogP contribution in [-0.2, 0) is 0 Å². The summed E-state index contributed by atoms with van der Waals surface area (Å²) in [7, 11) is 0. The summed E-state index contributed by atoms with van der Waals surface area (Å²) in [6.45, 7) is 4.35. The van der Waals surface area contributed by atoms with Gasteiger partial charge in [-0.3, -0.25) is 0 Å². The topological polar surface area (TPSA) is 55.0 Å². The number of aromatic nitrogens is 2. The molecule has 0 aromatic carbocycles. The summed E-state index contributed by atoms with van der Waals surface area (Å²) in [5.74, 6) is 1.56. The maximum Gasteiger partial charge on any atom is 0.233 e. The second-order valence-electron chi connectivity index (χ2n) is 3.06. The van der Waals surface area contributed by atoms with Crippen LogP contribution in [0.15, 0.2) is 0 Å². The van der Waals surface area contributed by atoms with Crippen LogP contribution in [0.3, 0.4) is 0 Å². The van der Waals surface area contributed by atoms with Crippen molar-refractivity contribution in [3.63, 3.8) is 0 Å². The molecule has 1 aromatic heterocycles. The van der Waals surface area contributed by atoms with Crippen LogP contribution in [0.4, 0.5) is 11.1 Å². The third-order valence-corrected chi connectivity index (χ3v) is 3.87. The molecule has 0 aliphatic carbocycles. The minimum atomic E-state index is 0.394. The molecule has 4 nitrogen and oxygen atoms in total. The summed E-state index contributed by atoms with van der Waals surface area (Å²) in [6, 6.07) is 0. The Balaban J connectivity index is 2.08. The van der Waals surface area contributed by atoms with Crippen molar-refractivity contribution in [2.75, 3.05) is 29.5 Å². The molecule has 1 atom stereocenters. The van der Waals surface area contributed by atoms with E-state index in [2.05, 4.69) is 21.2 Å². The molecule has 0 radical (unpaired) electrons. The third-order valence-electron chi connectivity index (χ3n) is 1.94. The van der Waals surface area contributed by atoms with E-state index in [-0.39, 0.29) is 0 Å². The molecular formula is C7H12N4S2. The normalized spacial score (nSPS) is 23.5. The number of nitrogens with two attached hydrogens (primary N) is 1. The van der Waals surface area contributed by atoms with Crippen molar-refractivity contribution in [2.24, 2.45) is 0 Å². The predicted octanol–water partition coefficient (Wildman–Crippen LogP) is 1.06. The van der Waals surface area contributed by atoms with Gasteiger partial charge in [0.2, 0.25) is 11.1 Å². The molecule has 1 unspecified atom stereocenters. The van der Waals surface area contributed by atoms with Gasteiger partial charge >= 0.3 is 0 Å². The molecule has 0 saturated carbocycles. The first-order valence-electron chi connectivity index (χ1n) is 4.21. The molecule has 1 aromatic rings. The zero-order valence-corrected chi connectivity index (χ0v) is 9.07. The molecule has 0 bridgehead atoms. The second-order valence-corrected chi connectivity index (χ2v) is 5.34. The van der Waals surface area contributed by atoms with Crippen molar-refractivity contribution < 1.29 is 0 Å². The first-order chi connectivity index (χ1) is 6.25. The minimum Gasteiger partial charge on any atom is -0.367 e. The fourth-order valence-electron chi connectivity index (χ4n) is 1.35. The molecule has 1 aliphatic heterocycles. The molecular weight excluding hydrogens is 204 g/mol. The van der Waals surface area contributed by atoms with E-state index in [4.69, 9.17) is 5.73 Å². The van der Waals surface area contributed by atoms with Gasteiger partial charge in [0, 0.05) is 35.6 Å². The SMILES string of the molecule is CC1CN(c2nc(N)ns2)CCS1. The first-order valence-corrected chi connectivity index (χ1v) is 6.03. The van der Waals surface area contributed by atoms with Crippen molar-refractivity contribution >= 4 is 34.4 Å². The molecule has 0 spiro atoms. The Kier molecular flexibility index (Phi) is 2.59. The summed E-state index contributed by atoms with van der Waals surface area (Å²) in [4.78, 5) is 6.43. The Morgan fingerprint density at radius 2 is 2.46 bits per heavy atom. The molecule has 1 aliphatic rings. The summed E-state index contributed by atoms with van der Waals surface area (Å²) in [5.41, 5.74) is 5.48. The molecule has 0 amide bonds. The van der Waals surface area contributed by atoms with E-state index in [1.807, 2.05) is 11.8 Å². The average Bonchev–Trinajstić information content (AvgIpc) is 2.52. The van der Waals surface area contributed by atoms with Crippen molar-refractivity contribution in [3.05, 3.63) is 0 Å². The molecule has 1 saturated heterocycles. The smallest absolute Gasteiger partial charge is 0.233 e. The van der Waals surface area contributed by atoms with Crippen LogP contribution in [0, 0.1) is 0 Å². The molecule has 2 heterocycles. The Morgan fingerprint density at radius 3 is 3.08 bits per heavy atom. The van der Waals surface area contributed by atoms with Gasteiger partial charge in [0.1, 0.15) is 0 Å². The highest BCUT2D eigenvalue weighted by atomic mass is 32.2. The lowest BCUT2D eigenvalue weighted by atomic mass is 10.4. The lowest BCUT2D eigenvalue weighted by molar-refractivity contribution is 0.780. The van der Waals surface area contributed by atoms with Crippen molar-refractivity contribution in [2.45, 2.75) is 12.2 Å². The number of rotatable bonds is 1. The fourth-order valence-corrected chi connectivity index (χ4v) is 2.99. The summed E-state index contributed by atoms with van der Waals surface area (Å²) in [5, 5.41) is 1.64. The van der Waals surface area contributed by atoms with E-state index in [0.29, 0.717) is 11.2 Å². The highest BCUT2D eigenvalue weighted by Gasteiger charge is 2.19. The predicted molar refractivity (Wildman–Crippen MR) is 58.5 cm³/mol. The first kappa shape index (κ1) is 9.08. The Hall–Kier alpha value is -0.490. The second kappa shape index (κ2) is 3.71. The maximum atomic E-state index is 5.48. The van der Waals surface area contributed by atoms with E-state index < -0.39 is 0 Å². The van der Waals surface area contributed by atoms with Gasteiger partial charge in [0.25, 0.3) is 0 Å². The van der Waals surface area contributed by atoms with Gasteiger partial charge < -0.3 is 10.6 Å². The van der Waals surface area contributed by atoms with E-state index in [0.717, 1.165) is 18.2 Å². The Bertz CT molecular complexity index is 288. The van der Waals surface area contributed by atoms with Gasteiger partial charge in [-0.25, -0.2) is 0 Å². The van der Waals surface area contributed by atoms with E-state index >= 15 is 0 Å². The van der Waals surface area contributed by atoms with Gasteiger partial charge in [-0.2, -0.15) is 21.1 Å². The van der Waals surface area contributed by atoms with Crippen LogP contribution in [0.1, 0.15) is 6.92 Å². The van der Waals surface area contributed by atoms with Crippen LogP contribution in [-0.4, -0.2) is 33.4 Å². The van der Waals surface area contributed by atoms with Crippen LogP contribution in [0.25, 0.3) is 0 Å². The van der Waals surface area contributed by atoms with E-state index in [9.17, 15) is 0 Å². The molecule has 2 rings (SSSR count). The zero-order chi connectivity index (χ0) is 9.26. The molecule has 1 fully saturated rings. The van der Waals surface area contributed by atoms with Crippen molar-refractivity contribution in [1.82, 2.24) is 9.36 Å². The highest BCUT2D eigenvalue weighted by molar-refractivity contribution is 8.00. The van der Waals surface area contributed by atoms with Gasteiger partial charge in [-0.05, 0) is 0 Å². The van der Waals surface area contributed by atoms with Crippen molar-refractivity contribution in [1.29, 1.82) is 0 Å². The summed E-state index contributed by atoms with van der Waals surface area (Å²) < 4.78 is 3.98. The van der Waals surface area contributed by atoms with Crippen LogP contribution >= 0.6 is 23.3 Å². The molecule has 6 heteroatoms. The van der Waals surface area contributed by atoms with Gasteiger partial charge in [-0.15, -0.1) is 0 Å². The quantitative estimate of drug-likeness (QED) is 0.761. The number of hydrogen-bond donors (Lipinski definition) is 1. The Labute approximate surface area is 85.7 Å². The lowest BCUT2D eigenvalue weighted by Crippen LogP contribution is -2.36. The summed E-state index contributed by atoms with van der Waals surface area (Å²) in [6.07, 6.45) is 0. The maximum absolute atomic E-state index is 5.48. The molecule has 72 valence electrons. The number of nitrogen functional groups attached to an aromatic ring is 1. The van der Waals surface area contributed by atoms with E-state index in [1.54, 1.807) is 0 Å². The molecule has 2 N–H and O–H groups in total. The van der Waals surface area contributed by atoms with Crippen LogP contribution in [0.5, 0.6) is 0 Å².